The van der Waals surface area contributed by atoms with Crippen molar-refractivity contribution in [3.05, 3.63) is 49.4 Å². The third kappa shape index (κ3) is 4.41. The van der Waals surface area contributed by atoms with Crippen LogP contribution in [0.4, 0.5) is 0 Å². The van der Waals surface area contributed by atoms with Crippen LogP contribution in [0.15, 0.2) is 38.1 Å². The third-order valence-electron chi connectivity index (χ3n) is 2.86. The molecule has 0 aliphatic rings. The maximum absolute atomic E-state index is 5.36. The van der Waals surface area contributed by atoms with E-state index in [1.54, 1.807) is 11.8 Å². The van der Waals surface area contributed by atoms with E-state index in [0.717, 1.165) is 26.2 Å². The number of nitrogens with one attached hydrogen (secondary N) is 1. The largest absolute Gasteiger partial charge is 0.345 e. The molecule has 0 spiro atoms. The molecule has 1 aromatic heterocycles. The molecule has 21 heavy (non-hydrogen) atoms. The standard InChI is InChI=1S/C15H16Br2N2S2/c1-15(2,3)13-12(17)14(20)19-11(18-13)8-21-10-7-5-4-6-9(10)16/h4-7H,8H2,1-3H3,(H,18,19,20). The van der Waals surface area contributed by atoms with Gasteiger partial charge in [0.2, 0.25) is 0 Å². The highest BCUT2D eigenvalue weighted by Gasteiger charge is 2.20. The zero-order chi connectivity index (χ0) is 15.6. The Morgan fingerprint density at radius 3 is 2.52 bits per heavy atom. The Balaban J connectivity index is 2.28. The number of H-pyrrole nitrogens is 1. The van der Waals surface area contributed by atoms with Crippen molar-refractivity contribution >= 4 is 55.8 Å². The number of hydrogen-bond acceptors (Lipinski definition) is 3. The van der Waals surface area contributed by atoms with Gasteiger partial charge in [0.1, 0.15) is 10.5 Å². The Bertz CT molecular complexity index is 706. The second-order valence-electron chi connectivity index (χ2n) is 5.65. The molecule has 112 valence electrons. The molecular formula is C15H16Br2N2S2. The van der Waals surface area contributed by atoms with Crippen LogP contribution in [0.2, 0.25) is 0 Å². The van der Waals surface area contributed by atoms with Crippen molar-refractivity contribution in [1.82, 2.24) is 9.97 Å². The lowest BCUT2D eigenvalue weighted by molar-refractivity contribution is 0.559. The van der Waals surface area contributed by atoms with Gasteiger partial charge in [0.15, 0.2) is 0 Å². The summed E-state index contributed by atoms with van der Waals surface area (Å²) in [5.41, 5.74) is 1.08. The minimum atomic E-state index is -0.0118. The predicted octanol–water partition coefficient (Wildman–Crippen LogP) is 6.25. The van der Waals surface area contributed by atoms with Gasteiger partial charge >= 0.3 is 0 Å². The Hall–Kier alpha value is -0.170. The van der Waals surface area contributed by atoms with E-state index >= 15 is 0 Å². The summed E-state index contributed by atoms with van der Waals surface area (Å²) < 4.78 is 2.60. The van der Waals surface area contributed by atoms with Gasteiger partial charge in [-0.3, -0.25) is 0 Å². The van der Waals surface area contributed by atoms with Crippen molar-refractivity contribution in [3.63, 3.8) is 0 Å². The van der Waals surface area contributed by atoms with Crippen LogP contribution in [0.25, 0.3) is 0 Å². The van der Waals surface area contributed by atoms with E-state index in [1.165, 1.54) is 4.90 Å². The minimum Gasteiger partial charge on any atom is -0.345 e. The first-order valence-corrected chi connectivity index (χ1v) is 9.43. The highest BCUT2D eigenvalue weighted by molar-refractivity contribution is 9.10. The molecule has 0 radical (unpaired) electrons. The number of rotatable bonds is 3. The first kappa shape index (κ1) is 17.2. The number of hydrogen-bond donors (Lipinski definition) is 1. The molecule has 2 nitrogen and oxygen atoms in total. The lowest BCUT2D eigenvalue weighted by atomic mass is 9.92. The average Bonchev–Trinajstić information content (AvgIpc) is 2.40. The van der Waals surface area contributed by atoms with E-state index in [1.807, 2.05) is 18.2 Å². The quantitative estimate of drug-likeness (QED) is 0.444. The van der Waals surface area contributed by atoms with Crippen molar-refractivity contribution in [1.29, 1.82) is 0 Å². The van der Waals surface area contributed by atoms with E-state index in [2.05, 4.69) is 68.7 Å². The van der Waals surface area contributed by atoms with Gasteiger partial charge < -0.3 is 4.98 Å². The van der Waals surface area contributed by atoms with E-state index < -0.39 is 0 Å². The van der Waals surface area contributed by atoms with Crippen molar-refractivity contribution in [2.75, 3.05) is 0 Å². The molecule has 0 fully saturated rings. The van der Waals surface area contributed by atoms with Crippen LogP contribution in [0.5, 0.6) is 0 Å². The van der Waals surface area contributed by atoms with Crippen LogP contribution in [0.1, 0.15) is 32.3 Å². The predicted molar refractivity (Wildman–Crippen MR) is 99.5 cm³/mol. The van der Waals surface area contributed by atoms with Crippen molar-refractivity contribution in [2.24, 2.45) is 0 Å². The van der Waals surface area contributed by atoms with Gasteiger partial charge in [-0.05, 0) is 44.0 Å². The van der Waals surface area contributed by atoms with Gasteiger partial charge in [0.05, 0.1) is 10.2 Å². The zero-order valence-electron chi connectivity index (χ0n) is 12.0. The van der Waals surface area contributed by atoms with Gasteiger partial charge in [-0.15, -0.1) is 11.8 Å². The summed E-state index contributed by atoms with van der Waals surface area (Å²) in [7, 11) is 0. The average molecular weight is 448 g/mol. The van der Waals surface area contributed by atoms with Gasteiger partial charge in [-0.25, -0.2) is 4.98 Å². The summed E-state index contributed by atoms with van der Waals surface area (Å²) in [6.07, 6.45) is 0. The van der Waals surface area contributed by atoms with Gasteiger partial charge in [-0.2, -0.15) is 0 Å². The summed E-state index contributed by atoms with van der Waals surface area (Å²) in [6, 6.07) is 8.18. The fourth-order valence-corrected chi connectivity index (χ4v) is 4.23. The fourth-order valence-electron chi connectivity index (χ4n) is 1.80. The highest BCUT2D eigenvalue weighted by Crippen LogP contribution is 2.31. The summed E-state index contributed by atoms with van der Waals surface area (Å²) in [6.45, 7) is 6.47. The molecule has 1 aromatic carbocycles. The number of nitrogens with zero attached hydrogens (tertiary/aromatic N) is 1. The second-order valence-corrected chi connectivity index (χ2v) is 8.70. The lowest BCUT2D eigenvalue weighted by Gasteiger charge is -2.21. The molecule has 0 unspecified atom stereocenters. The van der Waals surface area contributed by atoms with Gasteiger partial charge in [-0.1, -0.05) is 45.1 Å². The summed E-state index contributed by atoms with van der Waals surface area (Å²) in [5.74, 6) is 1.65. The van der Waals surface area contributed by atoms with Gasteiger partial charge in [0, 0.05) is 20.5 Å². The maximum atomic E-state index is 5.36. The smallest absolute Gasteiger partial charge is 0.144 e. The molecule has 0 amide bonds. The number of halogens is 2. The zero-order valence-corrected chi connectivity index (χ0v) is 16.8. The van der Waals surface area contributed by atoms with Crippen molar-refractivity contribution in [2.45, 2.75) is 36.8 Å². The number of aromatic nitrogens is 2. The SMILES string of the molecule is CC(C)(C)c1[nH]c(CSc2ccccc2Br)nc(=S)c1Br. The maximum Gasteiger partial charge on any atom is 0.144 e. The number of thioether (sulfide) groups is 1. The Morgan fingerprint density at radius 1 is 1.24 bits per heavy atom. The molecule has 0 aliphatic heterocycles. The fraction of sp³-hybridized carbons (Fsp3) is 0.333. The second kappa shape index (κ2) is 6.94. The molecule has 0 atom stereocenters. The minimum absolute atomic E-state index is 0.0118. The summed E-state index contributed by atoms with van der Waals surface area (Å²) in [4.78, 5) is 9.08. The Morgan fingerprint density at radius 2 is 1.90 bits per heavy atom. The highest BCUT2D eigenvalue weighted by atomic mass is 79.9. The summed E-state index contributed by atoms with van der Waals surface area (Å²) >= 11 is 14.2. The third-order valence-corrected chi connectivity index (χ3v) is 6.23. The topological polar surface area (TPSA) is 28.7 Å². The molecule has 0 aliphatic carbocycles. The monoisotopic (exact) mass is 446 g/mol. The molecule has 1 N–H and O–H groups in total. The van der Waals surface area contributed by atoms with E-state index in [4.69, 9.17) is 12.2 Å². The van der Waals surface area contributed by atoms with Gasteiger partial charge in [0.25, 0.3) is 0 Å². The van der Waals surface area contributed by atoms with E-state index in [9.17, 15) is 0 Å². The molecule has 0 saturated heterocycles. The van der Waals surface area contributed by atoms with Crippen LogP contribution >= 0.6 is 55.8 Å². The molecule has 1 heterocycles. The van der Waals surface area contributed by atoms with Crippen LogP contribution in [-0.4, -0.2) is 9.97 Å². The van der Waals surface area contributed by atoms with Crippen LogP contribution < -0.4 is 0 Å². The molecule has 0 bridgehead atoms. The number of benzene rings is 1. The normalized spacial score (nSPS) is 11.7. The van der Waals surface area contributed by atoms with Crippen molar-refractivity contribution in [3.8, 4) is 0 Å². The van der Waals surface area contributed by atoms with Crippen LogP contribution in [0, 0.1) is 4.64 Å². The first-order valence-electron chi connectivity index (χ1n) is 6.45. The van der Waals surface area contributed by atoms with E-state index in [0.29, 0.717) is 4.64 Å². The lowest BCUT2D eigenvalue weighted by Crippen LogP contribution is -2.16. The Kier molecular flexibility index (Phi) is 5.68. The number of aromatic amines is 1. The molecular weight excluding hydrogens is 432 g/mol. The first-order chi connectivity index (χ1) is 9.79. The van der Waals surface area contributed by atoms with Crippen molar-refractivity contribution < 1.29 is 0 Å². The van der Waals surface area contributed by atoms with E-state index in [-0.39, 0.29) is 5.41 Å². The van der Waals surface area contributed by atoms with Crippen LogP contribution in [-0.2, 0) is 11.2 Å². The molecule has 0 saturated carbocycles. The molecule has 2 rings (SSSR count). The Labute approximate surface area is 151 Å². The van der Waals surface area contributed by atoms with Crippen LogP contribution in [0.3, 0.4) is 0 Å². The summed E-state index contributed by atoms with van der Waals surface area (Å²) in [5, 5.41) is 0. The molecule has 2 aromatic rings. The molecule has 6 heteroatoms.